The number of hydrogen-bond acceptors (Lipinski definition) is 3. The Bertz CT molecular complexity index is 426. The molecule has 0 aromatic heterocycles. The normalized spacial score (nSPS) is 20.0. The lowest BCUT2D eigenvalue weighted by Crippen LogP contribution is -2.35. The van der Waals surface area contributed by atoms with Crippen molar-refractivity contribution < 1.29 is 14.6 Å². The van der Waals surface area contributed by atoms with Crippen LogP contribution in [-0.2, 0) is 4.74 Å². The van der Waals surface area contributed by atoms with E-state index < -0.39 is 6.10 Å². The Labute approximate surface area is 108 Å². The third kappa shape index (κ3) is 2.56. The summed E-state index contributed by atoms with van der Waals surface area (Å²) in [5, 5.41) is 10.2. The van der Waals surface area contributed by atoms with Crippen molar-refractivity contribution in [3.63, 3.8) is 0 Å². The molecule has 0 spiro atoms. The maximum absolute atomic E-state index is 11.3. The highest BCUT2D eigenvalue weighted by Gasteiger charge is 2.40. The van der Waals surface area contributed by atoms with Gasteiger partial charge in [0.1, 0.15) is 0 Å². The van der Waals surface area contributed by atoms with E-state index in [-0.39, 0.29) is 5.97 Å². The van der Waals surface area contributed by atoms with Gasteiger partial charge in [-0.25, -0.2) is 4.79 Å². The maximum atomic E-state index is 11.3. The van der Waals surface area contributed by atoms with Gasteiger partial charge in [-0.05, 0) is 41.9 Å². The van der Waals surface area contributed by atoms with Crippen LogP contribution in [0.4, 0.5) is 0 Å². The Balaban J connectivity index is 2.04. The molecule has 3 heteroatoms. The highest BCUT2D eigenvalue weighted by Crippen LogP contribution is 2.50. The average molecular weight is 248 g/mol. The van der Waals surface area contributed by atoms with Crippen LogP contribution in [0.1, 0.15) is 48.7 Å². The first kappa shape index (κ1) is 13.1. The molecule has 1 aliphatic carbocycles. The fourth-order valence-electron chi connectivity index (χ4n) is 2.79. The molecule has 0 bridgehead atoms. The molecule has 0 amide bonds. The number of esters is 1. The van der Waals surface area contributed by atoms with Gasteiger partial charge in [-0.1, -0.05) is 26.0 Å². The van der Waals surface area contributed by atoms with E-state index in [4.69, 9.17) is 0 Å². The van der Waals surface area contributed by atoms with E-state index in [0.29, 0.717) is 16.9 Å². The van der Waals surface area contributed by atoms with Gasteiger partial charge in [0.05, 0.1) is 18.8 Å². The molecule has 1 unspecified atom stereocenters. The highest BCUT2D eigenvalue weighted by atomic mass is 16.5. The van der Waals surface area contributed by atoms with Crippen molar-refractivity contribution in [1.29, 1.82) is 0 Å². The quantitative estimate of drug-likeness (QED) is 0.836. The first-order valence-corrected chi connectivity index (χ1v) is 6.29. The van der Waals surface area contributed by atoms with Crippen molar-refractivity contribution in [2.75, 3.05) is 7.11 Å². The SMILES string of the molecule is COC(=O)c1ccc(C(O)C2CC(C)(C)C2)cc1. The minimum Gasteiger partial charge on any atom is -0.465 e. The van der Waals surface area contributed by atoms with Crippen LogP contribution in [0.5, 0.6) is 0 Å². The van der Waals surface area contributed by atoms with Crippen LogP contribution in [0.25, 0.3) is 0 Å². The highest BCUT2D eigenvalue weighted by molar-refractivity contribution is 5.89. The van der Waals surface area contributed by atoms with Gasteiger partial charge < -0.3 is 9.84 Å². The van der Waals surface area contributed by atoms with Gasteiger partial charge in [-0.2, -0.15) is 0 Å². The van der Waals surface area contributed by atoms with Crippen molar-refractivity contribution in [1.82, 2.24) is 0 Å². The zero-order valence-corrected chi connectivity index (χ0v) is 11.1. The second-order valence-corrected chi connectivity index (χ2v) is 5.89. The summed E-state index contributed by atoms with van der Waals surface area (Å²) >= 11 is 0. The van der Waals surface area contributed by atoms with Crippen molar-refractivity contribution in [3.8, 4) is 0 Å². The summed E-state index contributed by atoms with van der Waals surface area (Å²) in [6.45, 7) is 4.44. The van der Waals surface area contributed by atoms with E-state index in [0.717, 1.165) is 18.4 Å². The summed E-state index contributed by atoms with van der Waals surface area (Å²) < 4.78 is 4.64. The van der Waals surface area contributed by atoms with E-state index in [1.165, 1.54) is 7.11 Å². The summed E-state index contributed by atoms with van der Waals surface area (Å²) in [4.78, 5) is 11.3. The molecule has 1 aromatic rings. The Kier molecular flexibility index (Phi) is 3.44. The van der Waals surface area contributed by atoms with E-state index in [2.05, 4.69) is 18.6 Å². The molecule has 1 aliphatic rings. The molecule has 0 radical (unpaired) electrons. The number of hydrogen-bond donors (Lipinski definition) is 1. The van der Waals surface area contributed by atoms with E-state index in [1.54, 1.807) is 12.1 Å². The van der Waals surface area contributed by atoms with Crippen LogP contribution in [0.15, 0.2) is 24.3 Å². The lowest BCUT2D eigenvalue weighted by atomic mass is 9.62. The van der Waals surface area contributed by atoms with Crippen molar-refractivity contribution >= 4 is 5.97 Å². The fraction of sp³-hybridized carbons (Fsp3) is 0.533. The van der Waals surface area contributed by atoms with Crippen LogP contribution in [-0.4, -0.2) is 18.2 Å². The summed E-state index contributed by atoms with van der Waals surface area (Å²) in [7, 11) is 1.36. The molecule has 2 rings (SSSR count). The van der Waals surface area contributed by atoms with Gasteiger partial charge in [-0.3, -0.25) is 0 Å². The van der Waals surface area contributed by atoms with Gasteiger partial charge in [0.2, 0.25) is 0 Å². The third-order valence-corrected chi connectivity index (χ3v) is 3.75. The Morgan fingerprint density at radius 1 is 1.33 bits per heavy atom. The summed E-state index contributed by atoms with van der Waals surface area (Å²) in [5.74, 6) is -0.00945. The van der Waals surface area contributed by atoms with Gasteiger partial charge in [-0.15, -0.1) is 0 Å². The van der Waals surface area contributed by atoms with E-state index in [9.17, 15) is 9.90 Å². The second-order valence-electron chi connectivity index (χ2n) is 5.89. The first-order valence-electron chi connectivity index (χ1n) is 6.29. The molecule has 1 saturated carbocycles. The minimum atomic E-state index is -0.426. The molecule has 18 heavy (non-hydrogen) atoms. The summed E-state index contributed by atoms with van der Waals surface area (Å²) in [6.07, 6.45) is 1.67. The van der Waals surface area contributed by atoms with Gasteiger partial charge in [0.25, 0.3) is 0 Å². The van der Waals surface area contributed by atoms with E-state index >= 15 is 0 Å². The van der Waals surface area contributed by atoms with Gasteiger partial charge in [0.15, 0.2) is 0 Å². The molecule has 1 aromatic carbocycles. The Hall–Kier alpha value is -1.35. The molecular formula is C15H20O3. The van der Waals surface area contributed by atoms with Crippen molar-refractivity contribution in [2.45, 2.75) is 32.8 Å². The molecule has 1 fully saturated rings. The maximum Gasteiger partial charge on any atom is 0.337 e. The summed E-state index contributed by atoms with van der Waals surface area (Å²) in [6, 6.07) is 7.02. The number of rotatable bonds is 3. The van der Waals surface area contributed by atoms with Crippen molar-refractivity contribution in [3.05, 3.63) is 35.4 Å². The number of methoxy groups -OCH3 is 1. The Morgan fingerprint density at radius 3 is 2.33 bits per heavy atom. The van der Waals surface area contributed by atoms with Crippen LogP contribution in [0.2, 0.25) is 0 Å². The number of carbonyl (C=O) groups excluding carboxylic acids is 1. The molecule has 1 N–H and O–H groups in total. The minimum absolute atomic E-state index is 0.337. The standard InChI is InChI=1S/C15H20O3/c1-15(2)8-12(9-15)13(16)10-4-6-11(7-5-10)14(17)18-3/h4-7,12-13,16H,8-9H2,1-3H3. The van der Waals surface area contributed by atoms with Crippen LogP contribution in [0.3, 0.4) is 0 Å². The molecule has 0 heterocycles. The number of aliphatic hydroxyl groups is 1. The largest absolute Gasteiger partial charge is 0.465 e. The Morgan fingerprint density at radius 2 is 1.89 bits per heavy atom. The van der Waals surface area contributed by atoms with Crippen LogP contribution < -0.4 is 0 Å². The molecule has 1 atom stereocenters. The van der Waals surface area contributed by atoms with Crippen LogP contribution in [0, 0.1) is 11.3 Å². The zero-order valence-electron chi connectivity index (χ0n) is 11.1. The van der Waals surface area contributed by atoms with Gasteiger partial charge in [0, 0.05) is 0 Å². The predicted octanol–water partition coefficient (Wildman–Crippen LogP) is 2.94. The monoisotopic (exact) mass is 248 g/mol. The number of ether oxygens (including phenoxy) is 1. The molecule has 3 nitrogen and oxygen atoms in total. The predicted molar refractivity (Wildman–Crippen MR) is 69.2 cm³/mol. The third-order valence-electron chi connectivity index (χ3n) is 3.75. The van der Waals surface area contributed by atoms with Gasteiger partial charge >= 0.3 is 5.97 Å². The summed E-state index contributed by atoms with van der Waals surface area (Å²) in [5.41, 5.74) is 1.75. The molecule has 0 aliphatic heterocycles. The van der Waals surface area contributed by atoms with Crippen molar-refractivity contribution in [2.24, 2.45) is 11.3 Å². The van der Waals surface area contributed by atoms with Crippen LogP contribution >= 0.6 is 0 Å². The van der Waals surface area contributed by atoms with E-state index in [1.807, 2.05) is 12.1 Å². The number of aliphatic hydroxyl groups excluding tert-OH is 1. The lowest BCUT2D eigenvalue weighted by molar-refractivity contribution is -0.0147. The fourth-order valence-corrected chi connectivity index (χ4v) is 2.79. The zero-order chi connectivity index (χ0) is 13.3. The topological polar surface area (TPSA) is 46.5 Å². The second kappa shape index (κ2) is 4.73. The first-order chi connectivity index (χ1) is 8.43. The average Bonchev–Trinajstić information content (AvgIpc) is 2.34. The molecule has 0 saturated heterocycles. The number of carbonyl (C=O) groups is 1. The number of benzene rings is 1. The smallest absolute Gasteiger partial charge is 0.337 e. The molecular weight excluding hydrogens is 228 g/mol. The molecule has 98 valence electrons. The lowest BCUT2D eigenvalue weighted by Gasteiger charge is -2.45.